The average Bonchev–Trinajstić information content (AvgIpc) is 4.12. The molecule has 0 unspecified atom stereocenters. The molecule has 4 aromatic heterocycles. The molecule has 0 radical (unpaired) electrons. The molecule has 4 heteroatoms. The highest BCUT2D eigenvalue weighted by molar-refractivity contribution is 6.25. The molecule has 0 saturated heterocycles. The summed E-state index contributed by atoms with van der Waals surface area (Å²) in [7, 11) is 0. The molecule has 14 aromatic rings. The zero-order chi connectivity index (χ0) is 41.9. The quantitative estimate of drug-likeness (QED) is 0.173. The molecule has 0 aliphatic heterocycles. The van der Waals surface area contributed by atoms with Crippen molar-refractivity contribution < 1.29 is 8.83 Å². The number of nitrogens with zero attached hydrogens (tertiary/aromatic N) is 2. The molecule has 0 bridgehead atoms. The Morgan fingerprint density at radius 1 is 0.266 bits per heavy atom. The first-order chi connectivity index (χ1) is 31.8. The molecule has 64 heavy (non-hydrogen) atoms. The summed E-state index contributed by atoms with van der Waals surface area (Å²) >= 11 is 0. The number of benzene rings is 10. The van der Waals surface area contributed by atoms with Crippen LogP contribution in [0.15, 0.2) is 227 Å². The second kappa shape index (κ2) is 13.4. The molecule has 0 aliphatic carbocycles. The van der Waals surface area contributed by atoms with Crippen molar-refractivity contribution in [2.24, 2.45) is 0 Å². The van der Waals surface area contributed by atoms with Crippen LogP contribution in [0.5, 0.6) is 0 Å². The van der Waals surface area contributed by atoms with Gasteiger partial charge in [-0.05, 0) is 88.5 Å². The van der Waals surface area contributed by atoms with Crippen molar-refractivity contribution in [3.8, 4) is 44.8 Å². The minimum absolute atomic E-state index is 0.807. The Kier molecular flexibility index (Phi) is 7.36. The highest BCUT2D eigenvalue weighted by Gasteiger charge is 2.26. The van der Waals surface area contributed by atoms with Crippen molar-refractivity contribution in [3.05, 3.63) is 218 Å². The Morgan fingerprint density at radius 3 is 1.17 bits per heavy atom. The summed E-state index contributed by atoms with van der Waals surface area (Å²) < 4.78 is 19.4. The highest BCUT2D eigenvalue weighted by Crippen LogP contribution is 2.49. The molecule has 4 nitrogen and oxygen atoms in total. The van der Waals surface area contributed by atoms with Crippen LogP contribution in [0.1, 0.15) is 0 Å². The number of para-hydroxylation sites is 6. The van der Waals surface area contributed by atoms with Gasteiger partial charge in [0, 0.05) is 48.7 Å². The summed E-state index contributed by atoms with van der Waals surface area (Å²) in [6.45, 7) is 0. The summed E-state index contributed by atoms with van der Waals surface area (Å²) in [5, 5.41) is 8.92. The average molecular weight is 817 g/mol. The van der Waals surface area contributed by atoms with E-state index in [9.17, 15) is 0 Å². The third-order valence-corrected chi connectivity index (χ3v) is 13.3. The number of hydrogen-bond acceptors (Lipinski definition) is 2. The lowest BCUT2D eigenvalue weighted by molar-refractivity contribution is 0.662. The molecule has 0 fully saturated rings. The van der Waals surface area contributed by atoms with E-state index >= 15 is 0 Å². The van der Waals surface area contributed by atoms with Crippen LogP contribution in [-0.4, -0.2) is 9.13 Å². The van der Waals surface area contributed by atoms with Crippen molar-refractivity contribution in [1.29, 1.82) is 0 Å². The van der Waals surface area contributed by atoms with E-state index in [0.29, 0.717) is 0 Å². The van der Waals surface area contributed by atoms with Gasteiger partial charge < -0.3 is 18.0 Å². The van der Waals surface area contributed by atoms with Gasteiger partial charge in [-0.25, -0.2) is 0 Å². The van der Waals surface area contributed by atoms with Crippen molar-refractivity contribution in [2.45, 2.75) is 0 Å². The standard InChI is InChI=1S/C60H36N2O2/c1-3-17-37(18-4-1)39-33-40(38-19-5-2-6-20-38)35-41(34-39)56-57-47-26-16-32-54(62-51-29-13-9-23-44(51)45-24-10-14-30-52(45)62)59(47)63-55(57)36-48-46-25-15-31-53(58(46)64-60(48)56)61-49-27-11-7-21-42(49)43-22-8-12-28-50(43)61/h1-36H. The van der Waals surface area contributed by atoms with Gasteiger partial charge >= 0.3 is 0 Å². The third kappa shape index (κ3) is 4.99. The van der Waals surface area contributed by atoms with Crippen molar-refractivity contribution in [3.63, 3.8) is 0 Å². The smallest absolute Gasteiger partial charge is 0.159 e. The molecule has 10 aromatic carbocycles. The summed E-state index contributed by atoms with van der Waals surface area (Å²) in [6, 6.07) is 78.2. The fraction of sp³-hybridized carbons (Fsp3) is 0. The molecule has 298 valence electrons. The first kappa shape index (κ1) is 35.0. The second-order valence-corrected chi connectivity index (χ2v) is 16.8. The van der Waals surface area contributed by atoms with Crippen molar-refractivity contribution >= 4 is 87.5 Å². The first-order valence-corrected chi connectivity index (χ1v) is 21.8. The summed E-state index contributed by atoms with van der Waals surface area (Å²) in [5.74, 6) is 0. The maximum atomic E-state index is 7.46. The lowest BCUT2D eigenvalue weighted by Gasteiger charge is -2.13. The molecular weight excluding hydrogens is 781 g/mol. The van der Waals surface area contributed by atoms with Crippen molar-refractivity contribution in [2.75, 3.05) is 0 Å². The maximum absolute atomic E-state index is 7.46. The molecule has 0 amide bonds. The highest BCUT2D eigenvalue weighted by atomic mass is 16.3. The topological polar surface area (TPSA) is 36.1 Å². The van der Waals surface area contributed by atoms with Gasteiger partial charge in [0.15, 0.2) is 11.2 Å². The van der Waals surface area contributed by atoms with E-state index in [1.807, 2.05) is 0 Å². The van der Waals surface area contributed by atoms with Gasteiger partial charge in [0.25, 0.3) is 0 Å². The van der Waals surface area contributed by atoms with E-state index in [0.717, 1.165) is 111 Å². The molecule has 0 saturated carbocycles. The largest absolute Gasteiger partial charge is 0.454 e. The Hall–Kier alpha value is -8.60. The molecular formula is C60H36N2O2. The van der Waals surface area contributed by atoms with E-state index in [1.165, 1.54) is 21.5 Å². The zero-order valence-corrected chi connectivity index (χ0v) is 34.5. The van der Waals surface area contributed by atoms with Gasteiger partial charge in [-0.15, -0.1) is 0 Å². The predicted molar refractivity (Wildman–Crippen MR) is 266 cm³/mol. The molecule has 0 N–H and O–H groups in total. The molecule has 0 atom stereocenters. The van der Waals surface area contributed by atoms with Crippen LogP contribution >= 0.6 is 0 Å². The van der Waals surface area contributed by atoms with Crippen LogP contribution in [0.4, 0.5) is 0 Å². The maximum Gasteiger partial charge on any atom is 0.159 e. The third-order valence-electron chi connectivity index (χ3n) is 13.3. The van der Waals surface area contributed by atoms with E-state index < -0.39 is 0 Å². The van der Waals surface area contributed by atoms with Gasteiger partial charge in [-0.1, -0.05) is 158 Å². The summed E-state index contributed by atoms with van der Waals surface area (Å²) in [4.78, 5) is 0. The van der Waals surface area contributed by atoms with Gasteiger partial charge in [0.1, 0.15) is 11.2 Å². The number of rotatable bonds is 5. The normalized spacial score (nSPS) is 12.1. The monoisotopic (exact) mass is 816 g/mol. The fourth-order valence-corrected chi connectivity index (χ4v) is 10.5. The lowest BCUT2D eigenvalue weighted by Crippen LogP contribution is -1.94. The van der Waals surface area contributed by atoms with Gasteiger partial charge in [-0.3, -0.25) is 0 Å². The van der Waals surface area contributed by atoms with E-state index in [-0.39, 0.29) is 0 Å². The van der Waals surface area contributed by atoms with Crippen LogP contribution in [0.2, 0.25) is 0 Å². The van der Waals surface area contributed by atoms with Crippen LogP contribution in [-0.2, 0) is 0 Å². The second-order valence-electron chi connectivity index (χ2n) is 16.8. The Bertz CT molecular complexity index is 3900. The van der Waals surface area contributed by atoms with E-state index in [2.05, 4.69) is 228 Å². The SMILES string of the molecule is c1ccc(-c2cc(-c3ccccc3)cc(-c3c4oc5c(-n6c7ccccc7c7ccccc76)cccc5c4cc4oc5c(-n6c7ccccc7c7ccccc76)cccc5c34)c2)cc1. The Balaban J connectivity index is 1.13. The molecule has 14 rings (SSSR count). The fourth-order valence-electron chi connectivity index (χ4n) is 10.5. The van der Waals surface area contributed by atoms with E-state index in [1.54, 1.807) is 0 Å². The van der Waals surface area contributed by atoms with Gasteiger partial charge in [0.2, 0.25) is 0 Å². The summed E-state index contributed by atoms with van der Waals surface area (Å²) in [6.07, 6.45) is 0. The molecule has 4 heterocycles. The minimum Gasteiger partial charge on any atom is -0.454 e. The van der Waals surface area contributed by atoms with Crippen LogP contribution in [0.3, 0.4) is 0 Å². The lowest BCUT2D eigenvalue weighted by atomic mass is 9.90. The van der Waals surface area contributed by atoms with Gasteiger partial charge in [-0.2, -0.15) is 0 Å². The number of aromatic nitrogens is 2. The van der Waals surface area contributed by atoms with Crippen LogP contribution in [0.25, 0.3) is 132 Å². The van der Waals surface area contributed by atoms with Crippen LogP contribution < -0.4 is 0 Å². The predicted octanol–water partition coefficient (Wildman–Crippen LogP) is 16.7. The molecule has 0 aliphatic rings. The first-order valence-electron chi connectivity index (χ1n) is 21.8. The number of furan rings is 2. The zero-order valence-electron chi connectivity index (χ0n) is 34.5. The summed E-state index contributed by atoms with van der Waals surface area (Å²) in [5.41, 5.74) is 16.4. The van der Waals surface area contributed by atoms with Crippen LogP contribution in [0, 0.1) is 0 Å². The Morgan fingerprint density at radius 2 is 0.672 bits per heavy atom. The minimum atomic E-state index is 0.807. The van der Waals surface area contributed by atoms with Gasteiger partial charge in [0.05, 0.1) is 33.4 Å². The Labute approximate surface area is 367 Å². The van der Waals surface area contributed by atoms with Crippen molar-refractivity contribution in [1.82, 2.24) is 9.13 Å². The number of fused-ring (bicyclic) bond motifs is 12. The molecule has 0 spiro atoms. The van der Waals surface area contributed by atoms with E-state index in [4.69, 9.17) is 8.83 Å². The number of hydrogen-bond donors (Lipinski definition) is 0.